The van der Waals surface area contributed by atoms with Crippen molar-refractivity contribution in [3.05, 3.63) is 82.6 Å². The molecule has 0 saturated heterocycles. The molecule has 3 rings (SSSR count). The van der Waals surface area contributed by atoms with Gasteiger partial charge >= 0.3 is 0 Å². The second-order valence-corrected chi connectivity index (χ2v) is 7.51. The van der Waals surface area contributed by atoms with Crippen molar-refractivity contribution in [2.45, 2.75) is 26.8 Å². The highest BCUT2D eigenvalue weighted by atomic mass is 35.5. The van der Waals surface area contributed by atoms with Crippen molar-refractivity contribution in [1.29, 1.82) is 0 Å². The fourth-order valence-electron chi connectivity index (χ4n) is 3.17. The number of rotatable bonds is 8. The van der Waals surface area contributed by atoms with E-state index in [4.69, 9.17) is 11.6 Å². The van der Waals surface area contributed by atoms with E-state index >= 15 is 0 Å². The molecular weight excluding hydrogens is 400 g/mol. The number of nitrogens with zero attached hydrogens (tertiary/aromatic N) is 3. The number of aromatic nitrogens is 2. The summed E-state index contributed by atoms with van der Waals surface area (Å²) in [7, 11) is 0. The van der Waals surface area contributed by atoms with Crippen molar-refractivity contribution in [3.8, 4) is 0 Å². The minimum absolute atomic E-state index is 0.0292. The summed E-state index contributed by atoms with van der Waals surface area (Å²) >= 11 is 5.88. The third-order valence-electron chi connectivity index (χ3n) is 4.75. The molecule has 0 unspecified atom stereocenters. The Morgan fingerprint density at radius 2 is 1.80 bits per heavy atom. The fourth-order valence-corrected chi connectivity index (χ4v) is 3.30. The Bertz CT molecular complexity index is 1000. The van der Waals surface area contributed by atoms with Gasteiger partial charge in [-0.15, -0.1) is 0 Å². The molecule has 1 aromatic heterocycles. The molecule has 1 heterocycles. The molecular formula is C23H25ClN4O2. The highest BCUT2D eigenvalue weighted by Crippen LogP contribution is 2.15. The molecule has 6 nitrogen and oxygen atoms in total. The molecule has 0 saturated carbocycles. The van der Waals surface area contributed by atoms with Crippen LogP contribution in [0.15, 0.2) is 60.8 Å². The third kappa shape index (κ3) is 5.48. The summed E-state index contributed by atoms with van der Waals surface area (Å²) in [5.41, 5.74) is 3.04. The first kappa shape index (κ1) is 21.6. The van der Waals surface area contributed by atoms with E-state index in [1.165, 1.54) is 0 Å². The highest BCUT2D eigenvalue weighted by Gasteiger charge is 2.22. The predicted molar refractivity (Wildman–Crippen MR) is 119 cm³/mol. The summed E-state index contributed by atoms with van der Waals surface area (Å²) in [6.07, 6.45) is 2.33. The van der Waals surface area contributed by atoms with Crippen LogP contribution in [0.25, 0.3) is 0 Å². The molecule has 0 atom stereocenters. The predicted octanol–water partition coefficient (Wildman–Crippen LogP) is 4.38. The molecule has 0 radical (unpaired) electrons. The quantitative estimate of drug-likeness (QED) is 0.583. The first-order valence-corrected chi connectivity index (χ1v) is 10.3. The van der Waals surface area contributed by atoms with Gasteiger partial charge in [-0.25, -0.2) is 0 Å². The zero-order valence-electron chi connectivity index (χ0n) is 17.1. The van der Waals surface area contributed by atoms with Gasteiger partial charge in [-0.3, -0.25) is 14.3 Å². The Morgan fingerprint density at radius 1 is 1.10 bits per heavy atom. The van der Waals surface area contributed by atoms with E-state index in [-0.39, 0.29) is 18.4 Å². The van der Waals surface area contributed by atoms with E-state index in [9.17, 15) is 9.59 Å². The second kappa shape index (κ2) is 10.1. The second-order valence-electron chi connectivity index (χ2n) is 7.07. The van der Waals surface area contributed by atoms with Crippen LogP contribution in [0.1, 0.15) is 35.0 Å². The lowest BCUT2D eigenvalue weighted by atomic mass is 10.2. The lowest BCUT2D eigenvalue weighted by Gasteiger charge is -2.21. The monoisotopic (exact) mass is 424 g/mol. The molecule has 2 amide bonds. The first-order valence-electron chi connectivity index (χ1n) is 9.89. The SMILES string of the molecule is CCCN(CC(=O)Nc1ccc(Cl)cc1)C(=O)c1cnn(Cc2ccccc2)c1C. The summed E-state index contributed by atoms with van der Waals surface area (Å²) in [6, 6.07) is 16.8. The van der Waals surface area contributed by atoms with E-state index in [1.54, 1.807) is 40.0 Å². The Morgan fingerprint density at radius 3 is 2.47 bits per heavy atom. The van der Waals surface area contributed by atoms with Gasteiger partial charge in [0.15, 0.2) is 0 Å². The lowest BCUT2D eigenvalue weighted by Crippen LogP contribution is -2.38. The molecule has 7 heteroatoms. The number of halogens is 1. The van der Waals surface area contributed by atoms with Crippen LogP contribution >= 0.6 is 11.6 Å². The summed E-state index contributed by atoms with van der Waals surface area (Å²) in [5, 5.41) is 7.79. The maximum absolute atomic E-state index is 13.1. The Kier molecular flexibility index (Phi) is 7.25. The molecule has 0 spiro atoms. The largest absolute Gasteiger partial charge is 0.329 e. The van der Waals surface area contributed by atoms with Crippen LogP contribution < -0.4 is 5.32 Å². The van der Waals surface area contributed by atoms with Crippen LogP contribution in [0.4, 0.5) is 5.69 Å². The van der Waals surface area contributed by atoms with E-state index in [0.29, 0.717) is 29.4 Å². The number of benzene rings is 2. The molecule has 0 fully saturated rings. The van der Waals surface area contributed by atoms with Gasteiger partial charge in [0, 0.05) is 22.9 Å². The van der Waals surface area contributed by atoms with Gasteiger partial charge < -0.3 is 10.2 Å². The van der Waals surface area contributed by atoms with Crippen molar-refractivity contribution < 1.29 is 9.59 Å². The molecule has 3 aromatic rings. The highest BCUT2D eigenvalue weighted by molar-refractivity contribution is 6.30. The van der Waals surface area contributed by atoms with E-state index in [2.05, 4.69) is 10.4 Å². The van der Waals surface area contributed by atoms with Gasteiger partial charge in [0.1, 0.15) is 6.54 Å². The molecule has 0 aliphatic rings. The lowest BCUT2D eigenvalue weighted by molar-refractivity contribution is -0.116. The van der Waals surface area contributed by atoms with Gasteiger partial charge in [0.2, 0.25) is 5.91 Å². The van der Waals surface area contributed by atoms with Gasteiger partial charge in [0.25, 0.3) is 5.91 Å². The number of carbonyl (C=O) groups is 2. The summed E-state index contributed by atoms with van der Waals surface area (Å²) in [5.74, 6) is -0.451. The Balaban J connectivity index is 1.70. The van der Waals surface area contributed by atoms with Crippen LogP contribution in [0.3, 0.4) is 0 Å². The molecule has 2 aromatic carbocycles. The van der Waals surface area contributed by atoms with Gasteiger partial charge in [-0.05, 0) is 43.2 Å². The molecule has 30 heavy (non-hydrogen) atoms. The minimum Gasteiger partial charge on any atom is -0.329 e. The minimum atomic E-state index is -0.256. The van der Waals surface area contributed by atoms with Gasteiger partial charge in [0.05, 0.1) is 18.3 Å². The first-order chi connectivity index (χ1) is 14.5. The molecule has 1 N–H and O–H groups in total. The summed E-state index contributed by atoms with van der Waals surface area (Å²) in [6.45, 7) is 4.89. The van der Waals surface area contributed by atoms with Crippen LogP contribution in [-0.4, -0.2) is 39.6 Å². The van der Waals surface area contributed by atoms with Crippen molar-refractivity contribution in [2.24, 2.45) is 0 Å². The van der Waals surface area contributed by atoms with Crippen LogP contribution in [-0.2, 0) is 11.3 Å². The number of carbonyl (C=O) groups excluding carboxylic acids is 2. The normalized spacial score (nSPS) is 10.6. The number of hydrogen-bond donors (Lipinski definition) is 1. The molecule has 0 bridgehead atoms. The summed E-state index contributed by atoms with van der Waals surface area (Å²) in [4.78, 5) is 27.2. The maximum atomic E-state index is 13.1. The van der Waals surface area contributed by atoms with Gasteiger partial charge in [-0.2, -0.15) is 5.10 Å². The average molecular weight is 425 g/mol. The number of anilines is 1. The van der Waals surface area contributed by atoms with Crippen LogP contribution in [0.2, 0.25) is 5.02 Å². The number of amides is 2. The maximum Gasteiger partial charge on any atom is 0.257 e. The molecule has 0 aliphatic carbocycles. The van der Waals surface area contributed by atoms with Crippen LogP contribution in [0, 0.1) is 6.92 Å². The Labute approximate surface area is 181 Å². The summed E-state index contributed by atoms with van der Waals surface area (Å²) < 4.78 is 1.81. The van der Waals surface area contributed by atoms with E-state index in [1.807, 2.05) is 44.2 Å². The zero-order valence-corrected chi connectivity index (χ0v) is 17.9. The average Bonchev–Trinajstić information content (AvgIpc) is 3.10. The molecule has 156 valence electrons. The van der Waals surface area contributed by atoms with Gasteiger partial charge in [-0.1, -0.05) is 48.9 Å². The zero-order chi connectivity index (χ0) is 21.5. The van der Waals surface area contributed by atoms with Crippen molar-refractivity contribution in [2.75, 3.05) is 18.4 Å². The number of hydrogen-bond acceptors (Lipinski definition) is 3. The van der Waals surface area contributed by atoms with Crippen molar-refractivity contribution in [3.63, 3.8) is 0 Å². The Hall–Kier alpha value is -3.12. The van der Waals surface area contributed by atoms with Crippen LogP contribution in [0.5, 0.6) is 0 Å². The van der Waals surface area contributed by atoms with Crippen molar-refractivity contribution >= 4 is 29.1 Å². The standard InChI is InChI=1S/C23H25ClN4O2/c1-3-13-27(16-22(29)26-20-11-9-19(24)10-12-20)23(30)21-14-25-28(17(21)2)15-18-7-5-4-6-8-18/h4-12,14H,3,13,15-16H2,1-2H3,(H,26,29). The topological polar surface area (TPSA) is 67.2 Å². The number of nitrogens with one attached hydrogen (secondary N) is 1. The van der Waals surface area contributed by atoms with E-state index in [0.717, 1.165) is 17.7 Å². The molecule has 0 aliphatic heterocycles. The smallest absolute Gasteiger partial charge is 0.257 e. The fraction of sp³-hybridized carbons (Fsp3) is 0.261. The van der Waals surface area contributed by atoms with Crippen molar-refractivity contribution in [1.82, 2.24) is 14.7 Å². The van der Waals surface area contributed by atoms with E-state index < -0.39 is 0 Å². The third-order valence-corrected chi connectivity index (χ3v) is 5.00.